The zero-order chi connectivity index (χ0) is 12.2. The van der Waals surface area contributed by atoms with Gasteiger partial charge in [0.05, 0.1) is 0 Å². The molecular formula is C10H16N2O3S. The van der Waals surface area contributed by atoms with E-state index in [1.165, 1.54) is 0 Å². The highest BCUT2D eigenvalue weighted by Crippen LogP contribution is 2.19. The maximum absolute atomic E-state index is 10.7. The van der Waals surface area contributed by atoms with Crippen LogP contribution in [0.25, 0.3) is 0 Å². The highest BCUT2D eigenvalue weighted by molar-refractivity contribution is 7.88. The molecule has 0 aliphatic carbocycles. The van der Waals surface area contributed by atoms with Crippen molar-refractivity contribution in [2.45, 2.75) is 19.4 Å². The van der Waals surface area contributed by atoms with Crippen LogP contribution in [-0.2, 0) is 10.0 Å². The maximum atomic E-state index is 10.7. The van der Waals surface area contributed by atoms with Gasteiger partial charge in [-0.05, 0) is 24.1 Å². The van der Waals surface area contributed by atoms with Crippen LogP contribution >= 0.6 is 0 Å². The van der Waals surface area contributed by atoms with Crippen molar-refractivity contribution in [3.05, 3.63) is 29.8 Å². The number of hydrogen-bond acceptors (Lipinski definition) is 4. The average Bonchev–Trinajstić information content (AvgIpc) is 2.25. The molecule has 0 aromatic heterocycles. The zero-order valence-electron chi connectivity index (χ0n) is 9.09. The number of ether oxygens (including phenoxy) is 1. The van der Waals surface area contributed by atoms with Crippen LogP contribution < -0.4 is 15.6 Å². The van der Waals surface area contributed by atoms with E-state index in [2.05, 4.69) is 0 Å². The molecule has 0 spiro atoms. The van der Waals surface area contributed by atoms with Gasteiger partial charge in [-0.3, -0.25) is 0 Å². The van der Waals surface area contributed by atoms with Gasteiger partial charge < -0.3 is 10.5 Å². The van der Waals surface area contributed by atoms with Crippen molar-refractivity contribution in [3.8, 4) is 5.75 Å². The first kappa shape index (κ1) is 13.0. The molecule has 0 saturated carbocycles. The molecule has 1 rings (SSSR count). The van der Waals surface area contributed by atoms with Crippen molar-refractivity contribution >= 4 is 10.0 Å². The minimum absolute atomic E-state index is 0.0713. The van der Waals surface area contributed by atoms with Crippen LogP contribution in [0.5, 0.6) is 5.75 Å². The molecular weight excluding hydrogens is 228 g/mol. The number of rotatable bonds is 5. The molecule has 0 radical (unpaired) electrons. The lowest BCUT2D eigenvalue weighted by atomic mass is 10.1. The molecule has 16 heavy (non-hydrogen) atoms. The molecule has 1 atom stereocenters. The Morgan fingerprint density at radius 3 is 2.69 bits per heavy atom. The summed E-state index contributed by atoms with van der Waals surface area (Å²) in [5.41, 5.74) is 6.76. The summed E-state index contributed by atoms with van der Waals surface area (Å²) in [5, 5.41) is 4.83. The normalized spacial score (nSPS) is 13.4. The van der Waals surface area contributed by atoms with Crippen molar-refractivity contribution < 1.29 is 13.2 Å². The van der Waals surface area contributed by atoms with Crippen LogP contribution in [0.4, 0.5) is 0 Å². The molecule has 90 valence electrons. The molecule has 4 N–H and O–H groups in total. The van der Waals surface area contributed by atoms with Gasteiger partial charge >= 0.3 is 0 Å². The van der Waals surface area contributed by atoms with Crippen molar-refractivity contribution in [3.63, 3.8) is 0 Å². The minimum Gasteiger partial charge on any atom is -0.476 e. The van der Waals surface area contributed by atoms with Gasteiger partial charge in [-0.1, -0.05) is 19.1 Å². The number of sulfonamides is 1. The van der Waals surface area contributed by atoms with Gasteiger partial charge in [0.15, 0.2) is 0 Å². The molecule has 6 heteroatoms. The quantitative estimate of drug-likeness (QED) is 0.797. The summed E-state index contributed by atoms with van der Waals surface area (Å²) in [7, 11) is -3.61. The Morgan fingerprint density at radius 1 is 1.44 bits per heavy atom. The summed E-state index contributed by atoms with van der Waals surface area (Å²) >= 11 is 0. The lowest BCUT2D eigenvalue weighted by Crippen LogP contribution is -2.20. The predicted molar refractivity (Wildman–Crippen MR) is 62.3 cm³/mol. The van der Waals surface area contributed by atoms with E-state index in [9.17, 15) is 8.42 Å². The monoisotopic (exact) mass is 244 g/mol. The van der Waals surface area contributed by atoms with E-state index in [-0.39, 0.29) is 6.04 Å². The van der Waals surface area contributed by atoms with Gasteiger partial charge in [-0.25, -0.2) is 13.6 Å². The van der Waals surface area contributed by atoms with Gasteiger partial charge in [-0.2, -0.15) is 0 Å². The largest absolute Gasteiger partial charge is 0.476 e. The Bertz CT molecular complexity index is 445. The second kappa shape index (κ2) is 5.29. The van der Waals surface area contributed by atoms with E-state index in [0.717, 1.165) is 12.0 Å². The summed E-state index contributed by atoms with van der Waals surface area (Å²) in [4.78, 5) is 0. The number of nitrogens with two attached hydrogens (primary N) is 2. The van der Waals surface area contributed by atoms with Crippen molar-refractivity contribution in [1.29, 1.82) is 0 Å². The fourth-order valence-corrected chi connectivity index (χ4v) is 1.52. The first-order valence-corrected chi connectivity index (χ1v) is 6.62. The van der Waals surface area contributed by atoms with Gasteiger partial charge in [0, 0.05) is 6.04 Å². The summed E-state index contributed by atoms with van der Waals surface area (Å²) in [6, 6.07) is 6.95. The first-order valence-electron chi connectivity index (χ1n) is 4.91. The molecule has 5 nitrogen and oxygen atoms in total. The Morgan fingerprint density at radius 2 is 2.12 bits per heavy atom. The fraction of sp³-hybridized carbons (Fsp3) is 0.400. The Kier molecular flexibility index (Phi) is 4.28. The van der Waals surface area contributed by atoms with Crippen molar-refractivity contribution in [2.75, 3.05) is 5.94 Å². The zero-order valence-corrected chi connectivity index (χ0v) is 9.91. The highest BCUT2D eigenvalue weighted by atomic mass is 32.2. The molecule has 0 aliphatic heterocycles. The van der Waals surface area contributed by atoms with E-state index in [1.54, 1.807) is 18.2 Å². The molecule has 1 aromatic carbocycles. The van der Waals surface area contributed by atoms with Gasteiger partial charge in [-0.15, -0.1) is 0 Å². The summed E-state index contributed by atoms with van der Waals surface area (Å²) in [6.45, 7) is 1.97. The third kappa shape index (κ3) is 4.18. The molecule has 0 aliphatic rings. The third-order valence-electron chi connectivity index (χ3n) is 2.12. The molecule has 0 bridgehead atoms. The molecule has 0 fully saturated rings. The lowest BCUT2D eigenvalue weighted by molar-refractivity contribution is 0.376. The number of primary sulfonamides is 1. The molecule has 1 unspecified atom stereocenters. The Hall–Kier alpha value is -1.11. The summed E-state index contributed by atoms with van der Waals surface area (Å²) < 4.78 is 26.5. The van der Waals surface area contributed by atoms with E-state index in [1.807, 2.05) is 13.0 Å². The minimum atomic E-state index is -3.61. The van der Waals surface area contributed by atoms with E-state index < -0.39 is 16.0 Å². The van der Waals surface area contributed by atoms with Crippen LogP contribution in [0.1, 0.15) is 24.9 Å². The van der Waals surface area contributed by atoms with Crippen LogP contribution in [0.3, 0.4) is 0 Å². The van der Waals surface area contributed by atoms with Crippen LogP contribution in [0, 0.1) is 0 Å². The van der Waals surface area contributed by atoms with E-state index in [4.69, 9.17) is 15.6 Å². The van der Waals surface area contributed by atoms with Gasteiger partial charge in [0.2, 0.25) is 16.0 Å². The molecule has 0 saturated heterocycles. The predicted octanol–water partition coefficient (Wildman–Crippen LogP) is 0.721. The average molecular weight is 244 g/mol. The van der Waals surface area contributed by atoms with E-state index in [0.29, 0.717) is 5.75 Å². The van der Waals surface area contributed by atoms with Crippen LogP contribution in [0.2, 0.25) is 0 Å². The SMILES string of the molecule is CCC(N)c1cccc(OCS(N)(=O)=O)c1. The van der Waals surface area contributed by atoms with Gasteiger partial charge in [0.1, 0.15) is 5.75 Å². The first-order chi connectivity index (χ1) is 7.42. The van der Waals surface area contributed by atoms with Crippen molar-refractivity contribution in [2.24, 2.45) is 10.9 Å². The number of benzene rings is 1. The second-order valence-electron chi connectivity index (χ2n) is 3.51. The van der Waals surface area contributed by atoms with Crippen LogP contribution in [-0.4, -0.2) is 14.4 Å². The Labute approximate surface area is 95.4 Å². The smallest absolute Gasteiger partial charge is 0.244 e. The van der Waals surface area contributed by atoms with Crippen LogP contribution in [0.15, 0.2) is 24.3 Å². The fourth-order valence-electron chi connectivity index (χ4n) is 1.22. The van der Waals surface area contributed by atoms with Crippen molar-refractivity contribution in [1.82, 2.24) is 0 Å². The molecule has 0 amide bonds. The number of hydrogen-bond donors (Lipinski definition) is 2. The van der Waals surface area contributed by atoms with Gasteiger partial charge in [0.25, 0.3) is 0 Å². The second-order valence-corrected chi connectivity index (χ2v) is 5.07. The lowest BCUT2D eigenvalue weighted by Gasteiger charge is -2.11. The molecule has 1 aromatic rings. The third-order valence-corrected chi connectivity index (χ3v) is 2.56. The Balaban J connectivity index is 2.75. The highest BCUT2D eigenvalue weighted by Gasteiger charge is 2.07. The summed E-state index contributed by atoms with van der Waals surface area (Å²) in [5.74, 6) is -0.0758. The standard InChI is InChI=1S/C10H16N2O3S/c1-2-10(11)8-4-3-5-9(6-8)15-7-16(12,13)14/h3-6,10H,2,7,11H2,1H3,(H2,12,13,14). The summed E-state index contributed by atoms with van der Waals surface area (Å²) in [6.07, 6.45) is 0.804. The maximum Gasteiger partial charge on any atom is 0.244 e. The topological polar surface area (TPSA) is 95.4 Å². The van der Waals surface area contributed by atoms with E-state index >= 15 is 0 Å². The molecule has 0 heterocycles.